The fourth-order valence-electron chi connectivity index (χ4n) is 2.57. The molecule has 3 heteroatoms. The highest BCUT2D eigenvalue weighted by Crippen LogP contribution is 2.23. The number of rotatable bonds is 5. The zero-order chi connectivity index (χ0) is 13.7. The molecule has 1 aromatic heterocycles. The molecule has 1 atom stereocenters. The van der Waals surface area contributed by atoms with Gasteiger partial charge in [0.2, 0.25) is 0 Å². The molecule has 0 spiro atoms. The molecule has 1 aliphatic rings. The van der Waals surface area contributed by atoms with E-state index in [9.17, 15) is 0 Å². The van der Waals surface area contributed by atoms with Crippen LogP contribution in [0.1, 0.15) is 51.8 Å². The highest BCUT2D eigenvalue weighted by Gasteiger charge is 2.16. The molecule has 0 aliphatic carbocycles. The van der Waals surface area contributed by atoms with Gasteiger partial charge >= 0.3 is 0 Å². The predicted molar refractivity (Wildman–Crippen MR) is 81.6 cm³/mol. The first-order valence-corrected chi connectivity index (χ1v) is 7.65. The van der Waals surface area contributed by atoms with Gasteiger partial charge in [0.25, 0.3) is 0 Å². The Balaban J connectivity index is 1.94. The van der Waals surface area contributed by atoms with Crippen molar-refractivity contribution in [3.63, 3.8) is 0 Å². The standard InChI is InChI=1S/C16H27N3/c1-4-9-17-14(3)16-6-5-15(12-18-16)19-10-7-13(2)8-11-19/h5-6,12-14,17H,4,7-11H2,1-3H3. The molecule has 106 valence electrons. The van der Waals surface area contributed by atoms with Crippen molar-refractivity contribution in [3.8, 4) is 0 Å². The predicted octanol–water partition coefficient (Wildman–Crippen LogP) is 3.38. The van der Waals surface area contributed by atoms with E-state index in [-0.39, 0.29) is 0 Å². The molecule has 1 aromatic rings. The van der Waals surface area contributed by atoms with E-state index in [4.69, 9.17) is 0 Å². The monoisotopic (exact) mass is 261 g/mol. The topological polar surface area (TPSA) is 28.2 Å². The van der Waals surface area contributed by atoms with Crippen LogP contribution >= 0.6 is 0 Å². The first kappa shape index (κ1) is 14.3. The van der Waals surface area contributed by atoms with Crippen molar-refractivity contribution in [2.45, 2.75) is 46.1 Å². The summed E-state index contributed by atoms with van der Waals surface area (Å²) in [5.74, 6) is 0.877. The van der Waals surface area contributed by atoms with Crippen LogP contribution < -0.4 is 10.2 Å². The van der Waals surface area contributed by atoms with E-state index in [1.165, 1.54) is 31.6 Å². The van der Waals surface area contributed by atoms with Crippen LogP contribution in [0.15, 0.2) is 18.3 Å². The molecule has 19 heavy (non-hydrogen) atoms. The molecule has 0 radical (unpaired) electrons. The van der Waals surface area contributed by atoms with Gasteiger partial charge in [-0.1, -0.05) is 13.8 Å². The fraction of sp³-hybridized carbons (Fsp3) is 0.688. The first-order valence-electron chi connectivity index (χ1n) is 7.65. The summed E-state index contributed by atoms with van der Waals surface area (Å²) in [4.78, 5) is 7.08. The SMILES string of the molecule is CCCNC(C)c1ccc(N2CCC(C)CC2)cn1. The van der Waals surface area contributed by atoms with Crippen molar-refractivity contribution < 1.29 is 0 Å². The lowest BCUT2D eigenvalue weighted by Gasteiger charge is -2.32. The lowest BCUT2D eigenvalue weighted by molar-refractivity contribution is 0.438. The molecule has 3 nitrogen and oxygen atoms in total. The molecule has 1 fully saturated rings. The maximum atomic E-state index is 4.62. The van der Waals surface area contributed by atoms with Crippen LogP contribution in [-0.4, -0.2) is 24.6 Å². The van der Waals surface area contributed by atoms with E-state index in [2.05, 4.69) is 48.1 Å². The molecular weight excluding hydrogens is 234 g/mol. The van der Waals surface area contributed by atoms with Gasteiger partial charge in [-0.25, -0.2) is 0 Å². The van der Waals surface area contributed by atoms with Crippen LogP contribution in [0.5, 0.6) is 0 Å². The Morgan fingerprint density at radius 3 is 2.68 bits per heavy atom. The molecule has 1 unspecified atom stereocenters. The van der Waals surface area contributed by atoms with Crippen LogP contribution in [0.4, 0.5) is 5.69 Å². The normalized spacial score (nSPS) is 18.6. The third-order valence-corrected chi connectivity index (χ3v) is 4.06. The van der Waals surface area contributed by atoms with E-state index in [1.807, 2.05) is 6.20 Å². The minimum absolute atomic E-state index is 0.343. The maximum absolute atomic E-state index is 4.62. The fourth-order valence-corrected chi connectivity index (χ4v) is 2.57. The van der Waals surface area contributed by atoms with Crippen LogP contribution in [0, 0.1) is 5.92 Å². The number of hydrogen-bond donors (Lipinski definition) is 1. The lowest BCUT2D eigenvalue weighted by atomic mass is 9.99. The van der Waals surface area contributed by atoms with Crippen LogP contribution in [0.2, 0.25) is 0 Å². The molecule has 2 heterocycles. The molecule has 1 saturated heterocycles. The summed E-state index contributed by atoms with van der Waals surface area (Å²) in [5.41, 5.74) is 2.42. The van der Waals surface area contributed by atoms with Gasteiger partial charge in [-0.3, -0.25) is 4.98 Å². The van der Waals surface area contributed by atoms with E-state index >= 15 is 0 Å². The summed E-state index contributed by atoms with van der Waals surface area (Å²) in [5, 5.41) is 3.48. The Kier molecular flexibility index (Phi) is 5.20. The van der Waals surface area contributed by atoms with E-state index in [0.29, 0.717) is 6.04 Å². The largest absolute Gasteiger partial charge is 0.370 e. The Labute approximate surface area is 117 Å². The van der Waals surface area contributed by atoms with Gasteiger partial charge in [0.05, 0.1) is 17.6 Å². The second-order valence-electron chi connectivity index (χ2n) is 5.79. The van der Waals surface area contributed by atoms with Crippen LogP contribution in [0.25, 0.3) is 0 Å². The Bertz CT molecular complexity index is 366. The smallest absolute Gasteiger partial charge is 0.0572 e. The summed E-state index contributed by atoms with van der Waals surface area (Å²) in [7, 11) is 0. The molecule has 1 N–H and O–H groups in total. The lowest BCUT2D eigenvalue weighted by Crippen LogP contribution is -2.32. The molecule has 0 amide bonds. The Hall–Kier alpha value is -1.09. The molecule has 2 rings (SSSR count). The molecular formula is C16H27N3. The van der Waals surface area contributed by atoms with Gasteiger partial charge in [-0.2, -0.15) is 0 Å². The minimum Gasteiger partial charge on any atom is -0.370 e. The number of pyridine rings is 1. The summed E-state index contributed by atoms with van der Waals surface area (Å²) in [6.45, 7) is 10.1. The van der Waals surface area contributed by atoms with Gasteiger partial charge in [-0.05, 0) is 50.8 Å². The quantitative estimate of drug-likeness (QED) is 0.880. The third-order valence-electron chi connectivity index (χ3n) is 4.06. The van der Waals surface area contributed by atoms with Crippen molar-refractivity contribution in [3.05, 3.63) is 24.0 Å². The zero-order valence-corrected chi connectivity index (χ0v) is 12.5. The average Bonchev–Trinajstić information content (AvgIpc) is 2.46. The second kappa shape index (κ2) is 6.90. The van der Waals surface area contributed by atoms with E-state index in [1.54, 1.807) is 0 Å². The minimum atomic E-state index is 0.343. The highest BCUT2D eigenvalue weighted by atomic mass is 15.1. The number of nitrogens with zero attached hydrogens (tertiary/aromatic N) is 2. The van der Waals surface area contributed by atoms with Crippen molar-refractivity contribution in [1.29, 1.82) is 0 Å². The zero-order valence-electron chi connectivity index (χ0n) is 12.5. The molecule has 1 aliphatic heterocycles. The van der Waals surface area contributed by atoms with Crippen molar-refractivity contribution in [2.75, 3.05) is 24.5 Å². The van der Waals surface area contributed by atoms with E-state index in [0.717, 1.165) is 24.6 Å². The van der Waals surface area contributed by atoms with Gasteiger partial charge in [0.15, 0.2) is 0 Å². The van der Waals surface area contributed by atoms with Crippen LogP contribution in [-0.2, 0) is 0 Å². The average molecular weight is 261 g/mol. The number of hydrogen-bond acceptors (Lipinski definition) is 3. The summed E-state index contributed by atoms with van der Waals surface area (Å²) >= 11 is 0. The summed E-state index contributed by atoms with van der Waals surface area (Å²) in [6, 6.07) is 4.73. The summed E-state index contributed by atoms with van der Waals surface area (Å²) < 4.78 is 0. The van der Waals surface area contributed by atoms with Crippen LogP contribution in [0.3, 0.4) is 0 Å². The van der Waals surface area contributed by atoms with Crippen molar-refractivity contribution in [2.24, 2.45) is 5.92 Å². The number of anilines is 1. The highest BCUT2D eigenvalue weighted by molar-refractivity contribution is 5.45. The van der Waals surface area contributed by atoms with Crippen molar-refractivity contribution in [1.82, 2.24) is 10.3 Å². The third kappa shape index (κ3) is 3.93. The van der Waals surface area contributed by atoms with Gasteiger partial charge in [-0.15, -0.1) is 0 Å². The maximum Gasteiger partial charge on any atom is 0.0572 e. The molecule has 0 bridgehead atoms. The van der Waals surface area contributed by atoms with Gasteiger partial charge in [0, 0.05) is 19.1 Å². The van der Waals surface area contributed by atoms with Crippen molar-refractivity contribution >= 4 is 5.69 Å². The second-order valence-corrected chi connectivity index (χ2v) is 5.79. The van der Waals surface area contributed by atoms with E-state index < -0.39 is 0 Å². The van der Waals surface area contributed by atoms with Gasteiger partial charge < -0.3 is 10.2 Å². The first-order chi connectivity index (χ1) is 9.20. The molecule has 0 aromatic carbocycles. The molecule has 0 saturated carbocycles. The number of piperidine rings is 1. The number of aromatic nitrogens is 1. The summed E-state index contributed by atoms with van der Waals surface area (Å²) in [6.07, 6.45) is 5.80. The Morgan fingerprint density at radius 2 is 2.11 bits per heavy atom. The Morgan fingerprint density at radius 1 is 1.37 bits per heavy atom. The van der Waals surface area contributed by atoms with Gasteiger partial charge in [0.1, 0.15) is 0 Å². The number of nitrogens with one attached hydrogen (secondary N) is 1.